The summed E-state index contributed by atoms with van der Waals surface area (Å²) < 4.78 is 0. The van der Waals surface area contributed by atoms with Gasteiger partial charge >= 0.3 is 0 Å². The van der Waals surface area contributed by atoms with E-state index in [1.807, 2.05) is 18.2 Å². The highest BCUT2D eigenvalue weighted by molar-refractivity contribution is 8.13. The summed E-state index contributed by atoms with van der Waals surface area (Å²) in [6, 6.07) is 8.10. The molecule has 0 radical (unpaired) electrons. The highest BCUT2D eigenvalue weighted by Gasteiger charge is 2.14. The predicted molar refractivity (Wildman–Crippen MR) is 55.4 cm³/mol. The summed E-state index contributed by atoms with van der Waals surface area (Å²) in [6.07, 6.45) is 1.61. The van der Waals surface area contributed by atoms with Crippen LogP contribution in [0.15, 0.2) is 29.2 Å². The molecule has 1 aromatic rings. The number of halogens is 2. The second-order valence-electron chi connectivity index (χ2n) is 2.58. The molecule has 0 atom stereocenters. The molecule has 13 heavy (non-hydrogen) atoms. The van der Waals surface area contributed by atoms with E-state index in [-0.39, 0.29) is 17.1 Å². The number of carbonyl (C=O) groups excluding carboxylic acids is 1. The summed E-state index contributed by atoms with van der Waals surface area (Å²) in [5.41, 5.74) is 1.32. The van der Waals surface area contributed by atoms with Gasteiger partial charge in [0.05, 0.1) is 0 Å². The van der Waals surface area contributed by atoms with Gasteiger partial charge < -0.3 is 0 Å². The maximum Gasteiger partial charge on any atom is 0.194 e. The molecule has 0 aromatic heterocycles. The predicted octanol–water partition coefficient (Wildman–Crippen LogP) is 2.83. The van der Waals surface area contributed by atoms with E-state index in [1.165, 1.54) is 17.3 Å². The van der Waals surface area contributed by atoms with Gasteiger partial charge in [-0.05, 0) is 18.1 Å². The van der Waals surface area contributed by atoms with Crippen molar-refractivity contribution in [2.75, 3.05) is 0 Å². The first-order valence-electron chi connectivity index (χ1n) is 3.65. The Morgan fingerprint density at radius 2 is 1.85 bits per heavy atom. The number of aryl methyl sites for hydroxylation is 1. The summed E-state index contributed by atoms with van der Waals surface area (Å²) >= 11 is 1.37. The first kappa shape index (κ1) is 12.5. The molecule has 1 aromatic carbocycles. The smallest absolute Gasteiger partial charge is 0.194 e. The molecule has 1 heterocycles. The largest absolute Gasteiger partial charge is 0.287 e. The Balaban J connectivity index is 0.000000720. The summed E-state index contributed by atoms with van der Waals surface area (Å²) in [5.74, 6) is 0. The van der Waals surface area contributed by atoms with Gasteiger partial charge in [0.2, 0.25) is 0 Å². The molecule has 0 saturated heterocycles. The zero-order chi connectivity index (χ0) is 7.68. The van der Waals surface area contributed by atoms with Crippen molar-refractivity contribution in [1.29, 1.82) is 0 Å². The number of hydrogen-bond donors (Lipinski definition) is 0. The molecular formula is C9H10ClFOS. The van der Waals surface area contributed by atoms with E-state index in [4.69, 9.17) is 0 Å². The Bertz CT molecular complexity index is 303. The van der Waals surface area contributed by atoms with Gasteiger partial charge in [-0.1, -0.05) is 30.0 Å². The lowest BCUT2D eigenvalue weighted by Crippen LogP contribution is -2.02. The molecule has 2 rings (SSSR count). The van der Waals surface area contributed by atoms with Crippen molar-refractivity contribution < 1.29 is 9.50 Å². The zero-order valence-corrected chi connectivity index (χ0v) is 8.49. The number of rotatable bonds is 0. The third-order valence-corrected chi connectivity index (χ3v) is 2.84. The fraction of sp³-hybridized carbons (Fsp3) is 0.222. The van der Waals surface area contributed by atoms with E-state index < -0.39 is 0 Å². The lowest BCUT2D eigenvalue weighted by Gasteiger charge is -2.12. The summed E-state index contributed by atoms with van der Waals surface area (Å²) in [5, 5.41) is 0.295. The van der Waals surface area contributed by atoms with Crippen molar-refractivity contribution >= 4 is 29.3 Å². The Labute approximate surface area is 86.7 Å². The van der Waals surface area contributed by atoms with Gasteiger partial charge in [0, 0.05) is 11.3 Å². The fourth-order valence-electron chi connectivity index (χ4n) is 1.22. The molecule has 0 unspecified atom stereocenters. The Morgan fingerprint density at radius 1 is 1.15 bits per heavy atom. The molecule has 1 nitrogen and oxygen atoms in total. The molecule has 0 saturated carbocycles. The fourth-order valence-corrected chi connectivity index (χ4v) is 2.12. The standard InChI is InChI=1S/C9H8OS.ClH.FH/c10-9-6-5-7-3-1-2-4-8(7)11-9;;/h1-4H,5-6H2;2*1H. The minimum Gasteiger partial charge on any atom is -0.287 e. The van der Waals surface area contributed by atoms with Crippen molar-refractivity contribution in [2.45, 2.75) is 17.7 Å². The van der Waals surface area contributed by atoms with Crippen LogP contribution in [0.5, 0.6) is 0 Å². The van der Waals surface area contributed by atoms with E-state index in [9.17, 15) is 4.79 Å². The summed E-state index contributed by atoms with van der Waals surface area (Å²) in [6.45, 7) is 0. The third-order valence-electron chi connectivity index (χ3n) is 1.79. The van der Waals surface area contributed by atoms with Crippen LogP contribution in [-0.2, 0) is 11.2 Å². The van der Waals surface area contributed by atoms with Gasteiger partial charge in [0.25, 0.3) is 0 Å². The van der Waals surface area contributed by atoms with E-state index in [0.717, 1.165) is 11.3 Å². The van der Waals surface area contributed by atoms with Crippen LogP contribution in [0.4, 0.5) is 4.70 Å². The van der Waals surface area contributed by atoms with Gasteiger partial charge in [-0.3, -0.25) is 9.50 Å². The van der Waals surface area contributed by atoms with E-state index >= 15 is 0 Å². The van der Waals surface area contributed by atoms with Gasteiger partial charge in [0.1, 0.15) is 0 Å². The molecule has 0 aliphatic carbocycles. The molecule has 1 aliphatic rings. The summed E-state index contributed by atoms with van der Waals surface area (Å²) in [7, 11) is 0. The SMILES string of the molecule is Cl.F.O=C1CCc2ccccc2S1. The number of carbonyl (C=O) groups is 1. The average Bonchev–Trinajstić information content (AvgIpc) is 2.04. The first-order chi connectivity index (χ1) is 5.36. The zero-order valence-electron chi connectivity index (χ0n) is 6.86. The topological polar surface area (TPSA) is 17.1 Å². The van der Waals surface area contributed by atoms with Crippen molar-refractivity contribution in [3.63, 3.8) is 0 Å². The molecule has 0 fully saturated rings. The van der Waals surface area contributed by atoms with Crippen molar-refractivity contribution in [2.24, 2.45) is 0 Å². The van der Waals surface area contributed by atoms with Crippen LogP contribution >= 0.6 is 24.2 Å². The van der Waals surface area contributed by atoms with Crippen LogP contribution in [0.25, 0.3) is 0 Å². The van der Waals surface area contributed by atoms with Gasteiger partial charge in [-0.15, -0.1) is 12.4 Å². The second kappa shape index (κ2) is 5.25. The van der Waals surface area contributed by atoms with Crippen LogP contribution in [0.2, 0.25) is 0 Å². The minimum atomic E-state index is 0. The van der Waals surface area contributed by atoms with Gasteiger partial charge in [-0.2, -0.15) is 0 Å². The highest BCUT2D eigenvalue weighted by atomic mass is 35.5. The Morgan fingerprint density at radius 3 is 2.62 bits per heavy atom. The van der Waals surface area contributed by atoms with Crippen molar-refractivity contribution in [1.82, 2.24) is 0 Å². The van der Waals surface area contributed by atoms with Crippen molar-refractivity contribution in [3.8, 4) is 0 Å². The normalized spacial score (nSPS) is 13.7. The van der Waals surface area contributed by atoms with Crippen LogP contribution in [-0.4, -0.2) is 5.12 Å². The molecule has 0 spiro atoms. The lowest BCUT2D eigenvalue weighted by molar-refractivity contribution is -0.111. The van der Waals surface area contributed by atoms with E-state index in [1.54, 1.807) is 0 Å². The van der Waals surface area contributed by atoms with Crippen LogP contribution in [0.3, 0.4) is 0 Å². The number of fused-ring (bicyclic) bond motifs is 1. The van der Waals surface area contributed by atoms with E-state index in [0.29, 0.717) is 11.5 Å². The van der Waals surface area contributed by atoms with Crippen molar-refractivity contribution in [3.05, 3.63) is 29.8 Å². The molecule has 72 valence electrons. The van der Waals surface area contributed by atoms with Crippen LogP contribution in [0.1, 0.15) is 12.0 Å². The molecule has 1 aliphatic heterocycles. The Hall–Kier alpha value is -0.540. The minimum absolute atomic E-state index is 0. The second-order valence-corrected chi connectivity index (χ2v) is 3.68. The molecule has 0 N–H and O–H groups in total. The van der Waals surface area contributed by atoms with Gasteiger partial charge in [-0.25, -0.2) is 0 Å². The van der Waals surface area contributed by atoms with Crippen LogP contribution in [0, 0.1) is 0 Å². The Kier molecular flexibility index (Phi) is 5.03. The molecule has 0 amide bonds. The maximum absolute atomic E-state index is 11.0. The summed E-state index contributed by atoms with van der Waals surface area (Å²) in [4.78, 5) is 12.1. The molecule has 4 heteroatoms. The first-order valence-corrected chi connectivity index (χ1v) is 4.46. The average molecular weight is 221 g/mol. The quantitative estimate of drug-likeness (QED) is 0.669. The van der Waals surface area contributed by atoms with Crippen LogP contribution < -0.4 is 0 Å². The van der Waals surface area contributed by atoms with E-state index in [2.05, 4.69) is 6.07 Å². The highest BCUT2D eigenvalue weighted by Crippen LogP contribution is 2.30. The number of benzene rings is 1. The maximum atomic E-state index is 11.0. The monoisotopic (exact) mass is 220 g/mol. The van der Waals surface area contributed by atoms with Gasteiger partial charge in [0.15, 0.2) is 5.12 Å². The third kappa shape index (κ3) is 2.71. The number of hydrogen-bond acceptors (Lipinski definition) is 2. The molecular weight excluding hydrogens is 211 g/mol. The lowest BCUT2D eigenvalue weighted by atomic mass is 10.1. The number of thioether (sulfide) groups is 1. The molecule has 0 bridgehead atoms.